The minimum Gasteiger partial charge on any atom is -0.490 e. The lowest BCUT2D eigenvalue weighted by molar-refractivity contribution is 0.297. The van der Waals surface area contributed by atoms with E-state index in [1.807, 2.05) is 42.5 Å². The average molecular weight is 364 g/mol. The molecule has 0 saturated carbocycles. The summed E-state index contributed by atoms with van der Waals surface area (Å²) in [6, 6.07) is 13.5. The Kier molecular flexibility index (Phi) is 4.86. The Morgan fingerprint density at radius 1 is 1.11 bits per heavy atom. The van der Waals surface area contributed by atoms with Crippen molar-refractivity contribution in [2.45, 2.75) is 13.0 Å². The summed E-state index contributed by atoms with van der Waals surface area (Å²) < 4.78 is 13.0. The van der Waals surface area contributed by atoms with Gasteiger partial charge in [0.15, 0.2) is 17.5 Å². The topological polar surface area (TPSA) is 99.6 Å². The molecule has 0 radical (unpaired) electrons. The van der Waals surface area contributed by atoms with Crippen LogP contribution in [-0.2, 0) is 6.54 Å². The van der Waals surface area contributed by atoms with Gasteiger partial charge in [-0.2, -0.15) is 5.10 Å². The Labute approximate surface area is 156 Å². The number of anilines is 1. The predicted octanol–water partition coefficient (Wildman–Crippen LogP) is 2.36. The zero-order valence-electron chi connectivity index (χ0n) is 14.7. The number of ether oxygens (including phenoxy) is 2. The maximum Gasteiger partial charge on any atom is 0.193 e. The van der Waals surface area contributed by atoms with Crippen LogP contribution in [0, 0.1) is 0 Å². The van der Waals surface area contributed by atoms with E-state index in [0.717, 1.165) is 29.1 Å². The molecule has 0 fully saturated rings. The van der Waals surface area contributed by atoms with Crippen LogP contribution in [0.3, 0.4) is 0 Å². The van der Waals surface area contributed by atoms with Crippen molar-refractivity contribution < 1.29 is 9.47 Å². The van der Waals surface area contributed by atoms with Gasteiger partial charge in [0.2, 0.25) is 0 Å². The van der Waals surface area contributed by atoms with Crippen molar-refractivity contribution in [3.8, 4) is 17.2 Å². The van der Waals surface area contributed by atoms with Gasteiger partial charge in [0.25, 0.3) is 0 Å². The first-order valence-electron chi connectivity index (χ1n) is 8.68. The fraction of sp³-hybridized carbons (Fsp3) is 0.211. The largest absolute Gasteiger partial charge is 0.490 e. The summed E-state index contributed by atoms with van der Waals surface area (Å²) >= 11 is 0. The standard InChI is InChI=1S/C19H20N6O2/c20-19(24-15-4-7-17-18(10-15)27-9-1-8-26-17)22-11-14-2-5-16(6-3-14)25-13-21-12-23-25/h2-7,10,12-13H,1,8-9,11H2,(H3,20,22,24). The van der Waals surface area contributed by atoms with Gasteiger partial charge in [0.05, 0.1) is 25.4 Å². The fourth-order valence-electron chi connectivity index (χ4n) is 2.70. The summed E-state index contributed by atoms with van der Waals surface area (Å²) in [6.07, 6.45) is 4.03. The van der Waals surface area contributed by atoms with Crippen LogP contribution in [0.25, 0.3) is 5.69 Å². The lowest BCUT2D eigenvalue weighted by atomic mass is 10.2. The summed E-state index contributed by atoms with van der Waals surface area (Å²) in [5.74, 6) is 1.81. The monoisotopic (exact) mass is 364 g/mol. The summed E-state index contributed by atoms with van der Waals surface area (Å²) in [7, 11) is 0. The first-order valence-corrected chi connectivity index (χ1v) is 8.68. The summed E-state index contributed by atoms with van der Waals surface area (Å²) in [5, 5.41) is 7.19. The molecule has 1 aliphatic heterocycles. The highest BCUT2D eigenvalue weighted by atomic mass is 16.5. The molecule has 2 heterocycles. The number of rotatable bonds is 4. The van der Waals surface area contributed by atoms with Crippen molar-refractivity contribution in [1.29, 1.82) is 0 Å². The smallest absolute Gasteiger partial charge is 0.193 e. The summed E-state index contributed by atoms with van der Waals surface area (Å²) in [6.45, 7) is 1.78. The molecule has 138 valence electrons. The molecule has 0 aliphatic carbocycles. The van der Waals surface area contributed by atoms with Crippen LogP contribution in [-0.4, -0.2) is 33.9 Å². The second kappa shape index (κ2) is 7.77. The van der Waals surface area contributed by atoms with Gasteiger partial charge >= 0.3 is 0 Å². The molecule has 0 bridgehead atoms. The molecular weight excluding hydrogens is 344 g/mol. The van der Waals surface area contributed by atoms with E-state index in [1.165, 1.54) is 6.33 Å². The highest BCUT2D eigenvalue weighted by molar-refractivity contribution is 5.92. The number of nitrogens with one attached hydrogen (secondary N) is 1. The normalized spacial score (nSPS) is 13.9. The second-order valence-electron chi connectivity index (χ2n) is 6.04. The van der Waals surface area contributed by atoms with Crippen molar-refractivity contribution in [3.63, 3.8) is 0 Å². The summed E-state index contributed by atoms with van der Waals surface area (Å²) in [4.78, 5) is 8.33. The van der Waals surface area contributed by atoms with Gasteiger partial charge in [-0.05, 0) is 29.8 Å². The number of guanidine groups is 1. The van der Waals surface area contributed by atoms with Crippen molar-refractivity contribution in [2.24, 2.45) is 10.7 Å². The van der Waals surface area contributed by atoms with E-state index < -0.39 is 0 Å². The third-order valence-corrected chi connectivity index (χ3v) is 4.07. The number of aliphatic imine (C=N–C) groups is 1. The van der Waals surface area contributed by atoms with Gasteiger partial charge < -0.3 is 20.5 Å². The number of hydrogen-bond acceptors (Lipinski definition) is 5. The SMILES string of the molecule is NC(=NCc1ccc(-n2cncn2)cc1)Nc1ccc2c(c1)OCCCO2. The lowest BCUT2D eigenvalue weighted by Crippen LogP contribution is -2.22. The van der Waals surface area contributed by atoms with Crippen molar-refractivity contribution >= 4 is 11.6 Å². The fourth-order valence-corrected chi connectivity index (χ4v) is 2.70. The van der Waals surface area contributed by atoms with Crippen LogP contribution < -0.4 is 20.5 Å². The number of benzene rings is 2. The van der Waals surface area contributed by atoms with Crippen LogP contribution in [0.4, 0.5) is 5.69 Å². The van der Waals surface area contributed by atoms with E-state index >= 15 is 0 Å². The molecule has 0 amide bonds. The highest BCUT2D eigenvalue weighted by Crippen LogP contribution is 2.32. The van der Waals surface area contributed by atoms with Gasteiger partial charge in [0.1, 0.15) is 12.7 Å². The van der Waals surface area contributed by atoms with E-state index in [9.17, 15) is 0 Å². The van der Waals surface area contributed by atoms with E-state index in [-0.39, 0.29) is 0 Å². The molecule has 8 nitrogen and oxygen atoms in total. The molecule has 3 aromatic rings. The van der Waals surface area contributed by atoms with Gasteiger partial charge in [-0.1, -0.05) is 12.1 Å². The Hall–Kier alpha value is -3.55. The quantitative estimate of drug-likeness (QED) is 0.545. The molecule has 0 atom stereocenters. The lowest BCUT2D eigenvalue weighted by Gasteiger charge is -2.10. The molecule has 2 aromatic carbocycles. The Morgan fingerprint density at radius 2 is 1.93 bits per heavy atom. The van der Waals surface area contributed by atoms with Gasteiger partial charge in [-0.15, -0.1) is 0 Å². The maximum atomic E-state index is 6.01. The molecule has 3 N–H and O–H groups in total. The van der Waals surface area contributed by atoms with E-state index in [4.69, 9.17) is 15.2 Å². The Balaban J connectivity index is 1.39. The molecule has 4 rings (SSSR count). The summed E-state index contributed by atoms with van der Waals surface area (Å²) in [5.41, 5.74) is 8.81. The molecule has 1 aliphatic rings. The first kappa shape index (κ1) is 16.9. The molecule has 1 aromatic heterocycles. The number of nitrogens with zero attached hydrogens (tertiary/aromatic N) is 4. The van der Waals surface area contributed by atoms with Crippen LogP contribution >= 0.6 is 0 Å². The van der Waals surface area contributed by atoms with Crippen LogP contribution in [0.2, 0.25) is 0 Å². The van der Waals surface area contributed by atoms with Crippen LogP contribution in [0.15, 0.2) is 60.1 Å². The zero-order valence-corrected chi connectivity index (χ0v) is 14.7. The zero-order chi connectivity index (χ0) is 18.5. The highest BCUT2D eigenvalue weighted by Gasteiger charge is 2.10. The maximum absolute atomic E-state index is 6.01. The van der Waals surface area contributed by atoms with E-state index in [0.29, 0.717) is 31.5 Å². The number of nitrogens with two attached hydrogens (primary N) is 1. The third-order valence-electron chi connectivity index (χ3n) is 4.07. The van der Waals surface area contributed by atoms with Crippen LogP contribution in [0.5, 0.6) is 11.5 Å². The third kappa shape index (κ3) is 4.17. The number of hydrogen-bond donors (Lipinski definition) is 2. The minimum absolute atomic E-state index is 0.338. The molecule has 0 unspecified atom stereocenters. The van der Waals surface area contributed by atoms with Crippen LogP contribution in [0.1, 0.15) is 12.0 Å². The van der Waals surface area contributed by atoms with Gasteiger partial charge in [-0.3, -0.25) is 0 Å². The van der Waals surface area contributed by atoms with Crippen molar-refractivity contribution in [2.75, 3.05) is 18.5 Å². The van der Waals surface area contributed by atoms with E-state index in [1.54, 1.807) is 11.0 Å². The average Bonchev–Trinajstić information content (AvgIpc) is 3.13. The van der Waals surface area contributed by atoms with E-state index in [2.05, 4.69) is 20.4 Å². The Morgan fingerprint density at radius 3 is 2.70 bits per heavy atom. The second-order valence-corrected chi connectivity index (χ2v) is 6.04. The predicted molar refractivity (Wildman–Crippen MR) is 102 cm³/mol. The first-order chi connectivity index (χ1) is 13.3. The Bertz CT molecular complexity index is 922. The van der Waals surface area contributed by atoms with Gasteiger partial charge in [0, 0.05) is 18.2 Å². The number of aromatic nitrogens is 3. The molecule has 27 heavy (non-hydrogen) atoms. The number of fused-ring (bicyclic) bond motifs is 1. The molecule has 8 heteroatoms. The van der Waals surface area contributed by atoms with Crippen molar-refractivity contribution in [1.82, 2.24) is 14.8 Å². The molecule has 0 saturated heterocycles. The molecular formula is C19H20N6O2. The molecule has 0 spiro atoms. The van der Waals surface area contributed by atoms with Gasteiger partial charge in [-0.25, -0.2) is 14.7 Å². The minimum atomic E-state index is 0.338. The van der Waals surface area contributed by atoms with Crippen molar-refractivity contribution in [3.05, 3.63) is 60.7 Å².